The average Bonchev–Trinajstić information content (AvgIpc) is 2.79. The third-order valence-corrected chi connectivity index (χ3v) is 2.37. The predicted molar refractivity (Wildman–Crippen MR) is 57.8 cm³/mol. The molecule has 0 radical (unpaired) electrons. The molecule has 2 saturated heterocycles. The van der Waals surface area contributed by atoms with E-state index >= 15 is 0 Å². The number of nitrogens with one attached hydrogen (secondary N) is 1. The van der Waals surface area contributed by atoms with Crippen LogP contribution in [-0.4, -0.2) is 61.6 Å². The lowest BCUT2D eigenvalue weighted by Crippen LogP contribution is -2.51. The first kappa shape index (κ1) is 12.2. The van der Waals surface area contributed by atoms with Gasteiger partial charge in [-0.1, -0.05) is 5.59 Å². The van der Waals surface area contributed by atoms with Crippen LogP contribution in [0.3, 0.4) is 0 Å². The number of aliphatic imine (C=N–C) groups is 1. The third-order valence-electron chi connectivity index (χ3n) is 2.37. The predicted octanol–water partition coefficient (Wildman–Crippen LogP) is -0.460. The Kier molecular flexibility index (Phi) is 4.26. The van der Waals surface area contributed by atoms with Crippen LogP contribution in [0.2, 0.25) is 0 Å². The Morgan fingerprint density at radius 2 is 2.29 bits per heavy atom. The van der Waals surface area contributed by atoms with Gasteiger partial charge in [0.15, 0.2) is 0 Å². The first-order valence-corrected chi connectivity index (χ1v) is 5.56. The fraction of sp³-hybridized carbons (Fsp3) is 0.778. The molecule has 0 spiro atoms. The second-order valence-corrected chi connectivity index (χ2v) is 3.52. The smallest absolute Gasteiger partial charge is 0.436 e. The number of hydrogen-bond donors (Lipinski definition) is 1. The minimum absolute atomic E-state index is 0.301. The first-order valence-electron chi connectivity index (χ1n) is 5.56. The Morgan fingerprint density at radius 3 is 3.00 bits per heavy atom. The van der Waals surface area contributed by atoms with Crippen molar-refractivity contribution in [2.75, 3.05) is 39.5 Å². The number of carbonyl (C=O) groups excluding carboxylic acids is 1. The molecule has 2 rings (SSSR count). The van der Waals surface area contributed by atoms with E-state index in [1.54, 1.807) is 12.0 Å². The normalized spacial score (nSPS) is 24.9. The molecule has 0 aliphatic carbocycles. The fourth-order valence-electron chi connectivity index (χ4n) is 1.57. The molecule has 0 aromatic rings. The van der Waals surface area contributed by atoms with Crippen molar-refractivity contribution in [3.05, 3.63) is 0 Å². The van der Waals surface area contributed by atoms with Gasteiger partial charge < -0.3 is 14.3 Å². The molecule has 1 amide bonds. The van der Waals surface area contributed by atoms with E-state index in [1.807, 2.05) is 5.01 Å². The van der Waals surface area contributed by atoms with Gasteiger partial charge in [0, 0.05) is 13.1 Å². The molecule has 2 heterocycles. The zero-order valence-electron chi connectivity index (χ0n) is 9.72. The first-order chi connectivity index (χ1) is 8.29. The van der Waals surface area contributed by atoms with Gasteiger partial charge >= 0.3 is 6.09 Å². The molecule has 1 N–H and O–H groups in total. The van der Waals surface area contributed by atoms with E-state index in [9.17, 15) is 4.79 Å². The van der Waals surface area contributed by atoms with Crippen molar-refractivity contribution in [2.45, 2.75) is 6.92 Å². The molecule has 2 aliphatic heterocycles. The van der Waals surface area contributed by atoms with Crippen LogP contribution in [0.1, 0.15) is 6.92 Å². The topological polar surface area (TPSA) is 75.6 Å². The summed E-state index contributed by atoms with van der Waals surface area (Å²) in [5.41, 5.74) is 2.69. The quantitative estimate of drug-likeness (QED) is 0.704. The lowest BCUT2D eigenvalue weighted by Gasteiger charge is -2.31. The fourth-order valence-corrected chi connectivity index (χ4v) is 1.57. The maximum Gasteiger partial charge on any atom is 0.436 e. The van der Waals surface area contributed by atoms with Crippen LogP contribution < -0.4 is 5.59 Å². The maximum atomic E-state index is 11.1. The summed E-state index contributed by atoms with van der Waals surface area (Å²) in [5, 5.41) is 3.80. The van der Waals surface area contributed by atoms with E-state index in [-0.39, 0.29) is 0 Å². The monoisotopic (exact) mass is 244 g/mol. The molecule has 0 aromatic heterocycles. The van der Waals surface area contributed by atoms with Crippen LogP contribution in [0.25, 0.3) is 0 Å². The summed E-state index contributed by atoms with van der Waals surface area (Å²) in [6.07, 6.45) is -0.631. The van der Waals surface area contributed by atoms with Crippen LogP contribution in [0.4, 0.5) is 4.79 Å². The molecular formula is C9H16N4O4. The minimum Gasteiger partial charge on any atom is -0.448 e. The number of ether oxygens (including phenoxy) is 2. The largest absolute Gasteiger partial charge is 0.448 e. The Labute approximate surface area is 99.0 Å². The molecule has 0 bridgehead atoms. The van der Waals surface area contributed by atoms with Gasteiger partial charge in [-0.15, -0.1) is 10.1 Å². The van der Waals surface area contributed by atoms with E-state index in [2.05, 4.69) is 10.6 Å². The van der Waals surface area contributed by atoms with Crippen LogP contribution >= 0.6 is 0 Å². The van der Waals surface area contributed by atoms with Gasteiger partial charge in [-0.3, -0.25) is 0 Å². The van der Waals surface area contributed by atoms with Crippen molar-refractivity contribution in [3.63, 3.8) is 0 Å². The van der Waals surface area contributed by atoms with Crippen LogP contribution in [0.5, 0.6) is 0 Å². The van der Waals surface area contributed by atoms with Gasteiger partial charge in [-0.05, 0) is 6.92 Å². The molecule has 2 fully saturated rings. The summed E-state index contributed by atoms with van der Waals surface area (Å²) >= 11 is 0. The van der Waals surface area contributed by atoms with Crippen LogP contribution in [0.15, 0.2) is 4.99 Å². The summed E-state index contributed by atoms with van der Waals surface area (Å²) in [4.78, 5) is 19.9. The van der Waals surface area contributed by atoms with Crippen molar-refractivity contribution >= 4 is 12.0 Å². The second-order valence-electron chi connectivity index (χ2n) is 3.52. The Balaban J connectivity index is 1.84. The van der Waals surface area contributed by atoms with Gasteiger partial charge in [-0.25, -0.2) is 9.80 Å². The second kappa shape index (κ2) is 5.92. The number of nitrogens with zero attached hydrogens (tertiary/aromatic N) is 3. The number of rotatable bonds is 2. The number of morpholine rings is 1. The molecule has 0 saturated carbocycles. The van der Waals surface area contributed by atoms with E-state index in [0.29, 0.717) is 32.3 Å². The number of hydrogen-bond acceptors (Lipinski definition) is 7. The van der Waals surface area contributed by atoms with E-state index < -0.39 is 6.09 Å². The van der Waals surface area contributed by atoms with E-state index in [4.69, 9.17) is 14.3 Å². The molecule has 2 aliphatic rings. The zero-order chi connectivity index (χ0) is 12.1. The van der Waals surface area contributed by atoms with Gasteiger partial charge in [-0.2, -0.15) is 0 Å². The highest BCUT2D eigenvalue weighted by Crippen LogP contribution is 2.06. The zero-order valence-corrected chi connectivity index (χ0v) is 9.72. The summed E-state index contributed by atoms with van der Waals surface area (Å²) in [7, 11) is 0. The van der Waals surface area contributed by atoms with Crippen molar-refractivity contribution in [2.24, 2.45) is 4.99 Å². The Bertz CT molecular complexity index is 303. The van der Waals surface area contributed by atoms with Crippen LogP contribution in [0, 0.1) is 0 Å². The van der Waals surface area contributed by atoms with Crippen molar-refractivity contribution < 1.29 is 19.1 Å². The molecule has 0 atom stereocenters. The van der Waals surface area contributed by atoms with Crippen molar-refractivity contribution in [1.82, 2.24) is 15.7 Å². The summed E-state index contributed by atoms with van der Waals surface area (Å²) in [6, 6.07) is 0. The van der Waals surface area contributed by atoms with Gasteiger partial charge in [0.25, 0.3) is 0 Å². The maximum absolute atomic E-state index is 11.1. The van der Waals surface area contributed by atoms with E-state index in [1.165, 1.54) is 0 Å². The highest BCUT2D eigenvalue weighted by molar-refractivity contribution is 5.89. The van der Waals surface area contributed by atoms with Crippen molar-refractivity contribution in [3.8, 4) is 0 Å². The Hall–Kier alpha value is -1.22. The van der Waals surface area contributed by atoms with Crippen molar-refractivity contribution in [1.29, 1.82) is 0 Å². The molecule has 96 valence electrons. The number of amides is 1. The van der Waals surface area contributed by atoms with Gasteiger partial charge in [0.05, 0.1) is 19.8 Å². The molecular weight excluding hydrogens is 228 g/mol. The highest BCUT2D eigenvalue weighted by atomic mass is 16.7. The van der Waals surface area contributed by atoms with Gasteiger partial charge in [0.2, 0.25) is 5.90 Å². The lowest BCUT2D eigenvalue weighted by atomic mass is 10.5. The Morgan fingerprint density at radius 1 is 1.53 bits per heavy atom. The molecule has 17 heavy (non-hydrogen) atoms. The van der Waals surface area contributed by atoms with Gasteiger partial charge in [0.1, 0.15) is 6.54 Å². The standard InChI is InChI=1S/C9H16N4O4/c1-2-16-9(14)10-8-7-13(11-17-8)12-3-5-15-6-4-12/h11H,2-7H2,1H3/b10-8+. The van der Waals surface area contributed by atoms with E-state index in [0.717, 1.165) is 13.1 Å². The lowest BCUT2D eigenvalue weighted by molar-refractivity contribution is -0.144. The SMILES string of the molecule is CCOC(=O)/N=C1\CN(N2CCOCC2)NO1. The summed E-state index contributed by atoms with van der Waals surface area (Å²) in [6.45, 7) is 5.36. The minimum atomic E-state index is -0.631. The summed E-state index contributed by atoms with van der Waals surface area (Å²) < 4.78 is 9.94. The molecule has 8 heteroatoms. The molecule has 0 unspecified atom stereocenters. The van der Waals surface area contributed by atoms with Crippen LogP contribution in [-0.2, 0) is 14.3 Å². The average molecular weight is 244 g/mol. The summed E-state index contributed by atoms with van der Waals surface area (Å²) in [5.74, 6) is 0.301. The molecule has 8 nitrogen and oxygen atoms in total. The highest BCUT2D eigenvalue weighted by Gasteiger charge is 2.27. The number of carbonyl (C=O) groups is 1. The number of hydrazine groups is 2. The third kappa shape index (κ3) is 3.37. The molecule has 0 aromatic carbocycles.